The Balaban J connectivity index is 2.50. The highest BCUT2D eigenvalue weighted by atomic mass is 16.3. The molecule has 0 unspecified atom stereocenters. The van der Waals surface area contributed by atoms with Crippen molar-refractivity contribution in [3.8, 4) is 11.6 Å². The largest absolute Gasteiger partial charge is 0.461 e. The normalized spacial score (nSPS) is 10.5. The number of hydrogen-bond acceptors (Lipinski definition) is 4. The van der Waals surface area contributed by atoms with E-state index in [-0.39, 0.29) is 0 Å². The highest BCUT2D eigenvalue weighted by molar-refractivity contribution is 5.55. The second kappa shape index (κ2) is 4.99. The minimum Gasteiger partial charge on any atom is -0.461 e. The van der Waals surface area contributed by atoms with E-state index in [4.69, 9.17) is 4.42 Å². The Morgan fingerprint density at radius 2 is 2.12 bits per heavy atom. The number of furan rings is 1. The summed E-state index contributed by atoms with van der Waals surface area (Å²) in [5.74, 6) is 2.25. The zero-order valence-electron chi connectivity index (χ0n) is 10.4. The molecular weight excluding hydrogens is 214 g/mol. The molecule has 0 aliphatic heterocycles. The lowest BCUT2D eigenvalue weighted by atomic mass is 10.2. The summed E-state index contributed by atoms with van der Waals surface area (Å²) in [7, 11) is 0. The predicted octanol–water partition coefficient (Wildman–Crippen LogP) is 3.04. The molecule has 90 valence electrons. The molecule has 0 amide bonds. The summed E-state index contributed by atoms with van der Waals surface area (Å²) in [6.07, 6.45) is 2.53. The van der Waals surface area contributed by atoms with Crippen molar-refractivity contribution in [1.82, 2.24) is 9.97 Å². The highest BCUT2D eigenvalue weighted by Gasteiger charge is 2.11. The molecule has 2 rings (SSSR count). The molecular formula is C13H17N3O. The lowest BCUT2D eigenvalue weighted by molar-refractivity contribution is 0.576. The third-order valence-electron chi connectivity index (χ3n) is 2.67. The van der Waals surface area contributed by atoms with Crippen LogP contribution in [0.25, 0.3) is 11.6 Å². The molecule has 0 atom stereocenters. The summed E-state index contributed by atoms with van der Waals surface area (Å²) in [4.78, 5) is 9.03. The van der Waals surface area contributed by atoms with Gasteiger partial charge in [0.25, 0.3) is 0 Å². The van der Waals surface area contributed by atoms with E-state index < -0.39 is 0 Å². The van der Waals surface area contributed by atoms with Crippen LogP contribution in [0.1, 0.15) is 25.1 Å². The SMILES string of the molecule is CCNc1nc(-c2ccco2)nc(CC)c1C. The average Bonchev–Trinajstić information content (AvgIpc) is 2.85. The summed E-state index contributed by atoms with van der Waals surface area (Å²) in [5.41, 5.74) is 2.17. The molecule has 0 aliphatic carbocycles. The molecule has 4 heteroatoms. The Labute approximate surface area is 101 Å². The Kier molecular flexibility index (Phi) is 3.42. The van der Waals surface area contributed by atoms with E-state index in [9.17, 15) is 0 Å². The van der Waals surface area contributed by atoms with Crippen LogP contribution in [0.2, 0.25) is 0 Å². The molecule has 0 aromatic carbocycles. The molecule has 2 heterocycles. The van der Waals surface area contributed by atoms with Crippen molar-refractivity contribution in [1.29, 1.82) is 0 Å². The van der Waals surface area contributed by atoms with E-state index in [1.807, 2.05) is 19.1 Å². The summed E-state index contributed by atoms with van der Waals surface area (Å²) in [6.45, 7) is 7.04. The Morgan fingerprint density at radius 1 is 1.29 bits per heavy atom. The van der Waals surface area contributed by atoms with E-state index in [1.165, 1.54) is 0 Å². The first-order chi connectivity index (χ1) is 8.26. The lowest BCUT2D eigenvalue weighted by Crippen LogP contribution is -2.07. The fourth-order valence-electron chi connectivity index (χ4n) is 1.76. The zero-order chi connectivity index (χ0) is 12.3. The van der Waals surface area contributed by atoms with Gasteiger partial charge in [0, 0.05) is 17.8 Å². The maximum absolute atomic E-state index is 5.34. The minimum absolute atomic E-state index is 0.647. The van der Waals surface area contributed by atoms with Gasteiger partial charge in [0.1, 0.15) is 5.82 Å². The van der Waals surface area contributed by atoms with Crippen molar-refractivity contribution >= 4 is 5.82 Å². The molecule has 4 nitrogen and oxygen atoms in total. The zero-order valence-corrected chi connectivity index (χ0v) is 10.4. The van der Waals surface area contributed by atoms with E-state index in [0.717, 1.165) is 30.0 Å². The molecule has 0 radical (unpaired) electrons. The van der Waals surface area contributed by atoms with Gasteiger partial charge in [0.05, 0.1) is 6.26 Å². The van der Waals surface area contributed by atoms with E-state index in [0.29, 0.717) is 11.6 Å². The van der Waals surface area contributed by atoms with Crippen LogP contribution >= 0.6 is 0 Å². The number of hydrogen-bond donors (Lipinski definition) is 1. The highest BCUT2D eigenvalue weighted by Crippen LogP contribution is 2.22. The number of rotatable bonds is 4. The van der Waals surface area contributed by atoms with Gasteiger partial charge in [-0.25, -0.2) is 9.97 Å². The quantitative estimate of drug-likeness (QED) is 0.878. The first kappa shape index (κ1) is 11.6. The van der Waals surface area contributed by atoms with Crippen molar-refractivity contribution in [3.63, 3.8) is 0 Å². The van der Waals surface area contributed by atoms with Crippen LogP contribution in [-0.2, 0) is 6.42 Å². The van der Waals surface area contributed by atoms with Crippen molar-refractivity contribution in [3.05, 3.63) is 29.7 Å². The van der Waals surface area contributed by atoms with Crippen molar-refractivity contribution in [2.75, 3.05) is 11.9 Å². The predicted molar refractivity (Wildman–Crippen MR) is 68.0 cm³/mol. The second-order valence-electron chi connectivity index (χ2n) is 3.83. The molecule has 17 heavy (non-hydrogen) atoms. The second-order valence-corrected chi connectivity index (χ2v) is 3.83. The van der Waals surface area contributed by atoms with E-state index in [2.05, 4.69) is 29.1 Å². The van der Waals surface area contributed by atoms with Crippen LogP contribution in [0.3, 0.4) is 0 Å². The molecule has 0 spiro atoms. The van der Waals surface area contributed by atoms with Crippen molar-refractivity contribution in [2.24, 2.45) is 0 Å². The number of aromatic nitrogens is 2. The van der Waals surface area contributed by atoms with E-state index >= 15 is 0 Å². The first-order valence-electron chi connectivity index (χ1n) is 5.91. The van der Waals surface area contributed by atoms with Gasteiger partial charge >= 0.3 is 0 Å². The molecule has 0 fully saturated rings. The molecule has 2 aromatic heterocycles. The van der Waals surface area contributed by atoms with Gasteiger partial charge in [-0.05, 0) is 32.4 Å². The Hall–Kier alpha value is -1.84. The monoisotopic (exact) mass is 231 g/mol. The molecule has 1 N–H and O–H groups in total. The van der Waals surface area contributed by atoms with Crippen LogP contribution in [-0.4, -0.2) is 16.5 Å². The third kappa shape index (κ3) is 2.30. The summed E-state index contributed by atoms with van der Waals surface area (Å²) < 4.78 is 5.34. The smallest absolute Gasteiger partial charge is 0.197 e. The molecule has 0 bridgehead atoms. The fourth-order valence-corrected chi connectivity index (χ4v) is 1.76. The average molecular weight is 231 g/mol. The van der Waals surface area contributed by atoms with E-state index in [1.54, 1.807) is 6.26 Å². The van der Waals surface area contributed by atoms with Gasteiger partial charge in [-0.3, -0.25) is 0 Å². The number of anilines is 1. The number of nitrogens with one attached hydrogen (secondary N) is 1. The van der Waals surface area contributed by atoms with Crippen LogP contribution in [0, 0.1) is 6.92 Å². The summed E-state index contributed by atoms with van der Waals surface area (Å²) in [6, 6.07) is 3.72. The van der Waals surface area contributed by atoms with Crippen LogP contribution in [0.5, 0.6) is 0 Å². The Morgan fingerprint density at radius 3 is 2.71 bits per heavy atom. The van der Waals surface area contributed by atoms with Gasteiger partial charge < -0.3 is 9.73 Å². The van der Waals surface area contributed by atoms with Gasteiger partial charge in [-0.1, -0.05) is 6.92 Å². The molecule has 0 aliphatic rings. The Bertz CT molecular complexity index is 492. The van der Waals surface area contributed by atoms with Gasteiger partial charge in [-0.2, -0.15) is 0 Å². The number of aryl methyl sites for hydroxylation is 1. The molecule has 2 aromatic rings. The third-order valence-corrected chi connectivity index (χ3v) is 2.67. The molecule has 0 saturated heterocycles. The van der Waals surface area contributed by atoms with Gasteiger partial charge in [-0.15, -0.1) is 0 Å². The van der Waals surface area contributed by atoms with Crippen molar-refractivity contribution in [2.45, 2.75) is 27.2 Å². The molecule has 0 saturated carbocycles. The maximum Gasteiger partial charge on any atom is 0.197 e. The number of nitrogens with zero attached hydrogens (tertiary/aromatic N) is 2. The van der Waals surface area contributed by atoms with Gasteiger partial charge in [0.15, 0.2) is 11.6 Å². The van der Waals surface area contributed by atoms with Gasteiger partial charge in [0.2, 0.25) is 0 Å². The fraction of sp³-hybridized carbons (Fsp3) is 0.385. The standard InChI is InChI=1S/C13H17N3O/c1-4-10-9(3)12(14-5-2)16-13(15-10)11-7-6-8-17-11/h6-8H,4-5H2,1-3H3,(H,14,15,16). The summed E-state index contributed by atoms with van der Waals surface area (Å²) in [5, 5.41) is 3.26. The topological polar surface area (TPSA) is 51.0 Å². The minimum atomic E-state index is 0.647. The maximum atomic E-state index is 5.34. The summed E-state index contributed by atoms with van der Waals surface area (Å²) >= 11 is 0. The van der Waals surface area contributed by atoms with Crippen molar-refractivity contribution < 1.29 is 4.42 Å². The first-order valence-corrected chi connectivity index (χ1v) is 5.91. The lowest BCUT2D eigenvalue weighted by Gasteiger charge is -2.11. The van der Waals surface area contributed by atoms with Crippen LogP contribution in [0.15, 0.2) is 22.8 Å². The van der Waals surface area contributed by atoms with Crippen LogP contribution < -0.4 is 5.32 Å². The van der Waals surface area contributed by atoms with Crippen LogP contribution in [0.4, 0.5) is 5.82 Å².